The minimum absolute atomic E-state index is 0.112. The Bertz CT molecular complexity index is 669. The summed E-state index contributed by atoms with van der Waals surface area (Å²) in [7, 11) is 0. The first kappa shape index (κ1) is 20.1. The summed E-state index contributed by atoms with van der Waals surface area (Å²) < 4.78 is 11.5. The summed E-state index contributed by atoms with van der Waals surface area (Å²) in [4.78, 5) is 25.8. The van der Waals surface area contributed by atoms with Crippen molar-refractivity contribution in [1.82, 2.24) is 0 Å². The number of hydrogen-bond acceptors (Lipinski definition) is 4. The number of carbonyl (C=O) groups excluding carboxylic acids is 2. The zero-order valence-corrected chi connectivity index (χ0v) is 15.9. The highest BCUT2D eigenvalue weighted by molar-refractivity contribution is 6.06. The molecule has 0 saturated heterocycles. The zero-order chi connectivity index (χ0) is 19.2. The topological polar surface area (TPSA) is 52.6 Å². The average molecular weight is 356 g/mol. The Labute approximate surface area is 155 Å². The second kappa shape index (κ2) is 8.45. The van der Waals surface area contributed by atoms with Gasteiger partial charge in [-0.05, 0) is 39.2 Å². The lowest BCUT2D eigenvalue weighted by atomic mass is 9.78. The second-order valence-electron chi connectivity index (χ2n) is 7.56. The van der Waals surface area contributed by atoms with Crippen LogP contribution in [0.3, 0.4) is 0 Å². The highest BCUT2D eigenvalue weighted by Crippen LogP contribution is 2.42. The van der Waals surface area contributed by atoms with Gasteiger partial charge in [-0.1, -0.05) is 48.6 Å². The molecule has 26 heavy (non-hydrogen) atoms. The minimum atomic E-state index is -1.29. The van der Waals surface area contributed by atoms with Crippen LogP contribution in [-0.4, -0.2) is 30.1 Å². The summed E-state index contributed by atoms with van der Waals surface area (Å²) in [6.07, 6.45) is 6.06. The van der Waals surface area contributed by atoms with E-state index >= 15 is 0 Å². The predicted octanol–water partition coefficient (Wildman–Crippen LogP) is 4.35. The van der Waals surface area contributed by atoms with Gasteiger partial charge < -0.3 is 9.47 Å². The molecule has 1 aliphatic rings. The zero-order valence-electron chi connectivity index (χ0n) is 15.9. The van der Waals surface area contributed by atoms with Gasteiger partial charge in [0.15, 0.2) is 11.2 Å². The van der Waals surface area contributed by atoms with Crippen LogP contribution in [0.5, 0.6) is 0 Å². The number of ketones is 1. The number of benzene rings is 1. The minimum Gasteiger partial charge on any atom is -0.459 e. The molecule has 1 aliphatic carbocycles. The van der Waals surface area contributed by atoms with Gasteiger partial charge in [-0.15, -0.1) is 6.58 Å². The van der Waals surface area contributed by atoms with Crippen molar-refractivity contribution >= 4 is 17.8 Å². The Balaban J connectivity index is 2.38. The van der Waals surface area contributed by atoms with Gasteiger partial charge in [0.1, 0.15) is 5.60 Å². The Hall–Kier alpha value is -2.20. The van der Waals surface area contributed by atoms with Crippen LogP contribution in [-0.2, 0) is 19.1 Å². The van der Waals surface area contributed by atoms with Gasteiger partial charge in [0.2, 0.25) is 0 Å². The van der Waals surface area contributed by atoms with Crippen molar-refractivity contribution in [3.8, 4) is 0 Å². The molecule has 140 valence electrons. The predicted molar refractivity (Wildman–Crippen MR) is 103 cm³/mol. The van der Waals surface area contributed by atoms with E-state index in [1.165, 1.54) is 0 Å². The standard InChI is InChI=1S/C22H28O4/c1-5-16-25-19(14-13-17-10-7-6-8-11-17)22(15-9-12-18(22)23)20(24)26-21(2,3)4/h5-8,10-11,13-14,19H,1,9,12,15-16H2,2-4H3/b14-13+/t19-,22-/m0/s1. The van der Waals surface area contributed by atoms with Crippen LogP contribution in [0.2, 0.25) is 0 Å². The molecule has 0 N–H and O–H groups in total. The maximum Gasteiger partial charge on any atom is 0.323 e. The third kappa shape index (κ3) is 4.70. The van der Waals surface area contributed by atoms with E-state index in [9.17, 15) is 9.59 Å². The molecule has 0 bridgehead atoms. The Kier molecular flexibility index (Phi) is 6.54. The molecule has 0 unspecified atom stereocenters. The normalized spacial score (nSPS) is 21.7. The first-order valence-corrected chi connectivity index (χ1v) is 9.02. The maximum absolute atomic E-state index is 13.0. The summed E-state index contributed by atoms with van der Waals surface area (Å²) in [5.41, 5.74) is -0.981. The van der Waals surface area contributed by atoms with Crippen LogP contribution >= 0.6 is 0 Å². The number of Topliss-reactive ketones (excluding diaryl/α,β-unsaturated/α-hetero) is 1. The number of hydrogen-bond donors (Lipinski definition) is 0. The molecule has 1 aromatic carbocycles. The van der Waals surface area contributed by atoms with Gasteiger partial charge in [0.05, 0.1) is 12.7 Å². The lowest BCUT2D eigenvalue weighted by Gasteiger charge is -2.34. The Morgan fingerprint density at radius 3 is 2.54 bits per heavy atom. The van der Waals surface area contributed by atoms with Gasteiger partial charge in [-0.25, -0.2) is 0 Å². The van der Waals surface area contributed by atoms with Gasteiger partial charge in [0, 0.05) is 6.42 Å². The average Bonchev–Trinajstić information content (AvgIpc) is 2.97. The van der Waals surface area contributed by atoms with Crippen molar-refractivity contribution in [2.45, 2.75) is 51.7 Å². The van der Waals surface area contributed by atoms with E-state index in [4.69, 9.17) is 9.47 Å². The molecule has 2 atom stereocenters. The quantitative estimate of drug-likeness (QED) is 0.414. The first-order valence-electron chi connectivity index (χ1n) is 9.02. The fourth-order valence-corrected chi connectivity index (χ4v) is 3.19. The van der Waals surface area contributed by atoms with E-state index in [0.717, 1.165) is 5.56 Å². The Morgan fingerprint density at radius 1 is 1.31 bits per heavy atom. The highest BCUT2D eigenvalue weighted by Gasteiger charge is 2.56. The monoisotopic (exact) mass is 356 g/mol. The SMILES string of the molecule is C=CCO[C@@H](/C=C/c1ccccc1)[C@]1(C(=O)OC(C)(C)C)CCCC1=O. The van der Waals surface area contributed by atoms with Crippen molar-refractivity contribution in [1.29, 1.82) is 0 Å². The van der Waals surface area contributed by atoms with E-state index < -0.39 is 23.1 Å². The smallest absolute Gasteiger partial charge is 0.323 e. The third-order valence-electron chi connectivity index (χ3n) is 4.38. The molecule has 4 nitrogen and oxygen atoms in total. The third-order valence-corrected chi connectivity index (χ3v) is 4.38. The molecule has 4 heteroatoms. The molecule has 0 radical (unpaired) electrons. The molecule has 1 aromatic rings. The summed E-state index contributed by atoms with van der Waals surface area (Å²) >= 11 is 0. The van der Waals surface area contributed by atoms with Crippen LogP contribution in [0, 0.1) is 5.41 Å². The van der Waals surface area contributed by atoms with Crippen LogP contribution < -0.4 is 0 Å². The summed E-state index contributed by atoms with van der Waals surface area (Å²) in [6.45, 7) is 9.33. The van der Waals surface area contributed by atoms with E-state index in [1.54, 1.807) is 32.9 Å². The summed E-state index contributed by atoms with van der Waals surface area (Å²) in [6, 6.07) is 9.72. The van der Waals surface area contributed by atoms with Crippen molar-refractivity contribution in [2.24, 2.45) is 5.41 Å². The number of esters is 1. The van der Waals surface area contributed by atoms with Crippen molar-refractivity contribution in [2.75, 3.05) is 6.61 Å². The van der Waals surface area contributed by atoms with E-state index in [2.05, 4.69) is 6.58 Å². The summed E-state index contributed by atoms with van der Waals surface area (Å²) in [5, 5.41) is 0. The van der Waals surface area contributed by atoms with Gasteiger partial charge in [0.25, 0.3) is 0 Å². The second-order valence-corrected chi connectivity index (χ2v) is 7.56. The number of carbonyl (C=O) groups is 2. The van der Waals surface area contributed by atoms with Crippen LogP contribution in [0.25, 0.3) is 6.08 Å². The van der Waals surface area contributed by atoms with Crippen LogP contribution in [0.15, 0.2) is 49.1 Å². The first-order chi connectivity index (χ1) is 12.3. The van der Waals surface area contributed by atoms with Gasteiger partial charge >= 0.3 is 5.97 Å². The van der Waals surface area contributed by atoms with E-state index in [0.29, 0.717) is 19.3 Å². The number of rotatable bonds is 7. The molecular weight excluding hydrogens is 328 g/mol. The molecule has 2 rings (SSSR count). The lowest BCUT2D eigenvalue weighted by molar-refractivity contribution is -0.176. The summed E-state index contributed by atoms with van der Waals surface area (Å²) in [5.74, 6) is -0.613. The number of ether oxygens (including phenoxy) is 2. The van der Waals surface area contributed by atoms with Crippen molar-refractivity contribution < 1.29 is 19.1 Å². The van der Waals surface area contributed by atoms with E-state index in [-0.39, 0.29) is 12.4 Å². The van der Waals surface area contributed by atoms with Gasteiger partial charge in [-0.3, -0.25) is 9.59 Å². The highest BCUT2D eigenvalue weighted by atomic mass is 16.6. The molecule has 0 amide bonds. The van der Waals surface area contributed by atoms with E-state index in [1.807, 2.05) is 36.4 Å². The largest absolute Gasteiger partial charge is 0.459 e. The maximum atomic E-state index is 13.0. The molecular formula is C22H28O4. The fraction of sp³-hybridized carbons (Fsp3) is 0.455. The fourth-order valence-electron chi connectivity index (χ4n) is 3.19. The van der Waals surface area contributed by atoms with Crippen LogP contribution in [0.4, 0.5) is 0 Å². The van der Waals surface area contributed by atoms with Crippen molar-refractivity contribution in [3.05, 3.63) is 54.6 Å². The molecule has 1 fully saturated rings. The molecule has 0 heterocycles. The van der Waals surface area contributed by atoms with Crippen molar-refractivity contribution in [3.63, 3.8) is 0 Å². The molecule has 0 aliphatic heterocycles. The molecule has 1 saturated carbocycles. The molecule has 0 spiro atoms. The van der Waals surface area contributed by atoms with Crippen LogP contribution in [0.1, 0.15) is 45.6 Å². The lowest BCUT2D eigenvalue weighted by Crippen LogP contribution is -2.49. The van der Waals surface area contributed by atoms with Gasteiger partial charge in [-0.2, -0.15) is 0 Å². The Morgan fingerprint density at radius 2 is 2.00 bits per heavy atom. The molecule has 0 aromatic heterocycles.